The van der Waals surface area contributed by atoms with Crippen LogP contribution in [-0.4, -0.2) is 34.9 Å². The fourth-order valence-electron chi connectivity index (χ4n) is 2.56. The van der Waals surface area contributed by atoms with Gasteiger partial charge in [-0.3, -0.25) is 19.2 Å². The minimum Gasteiger partial charge on any atom is -0.300 e. The highest BCUT2D eigenvalue weighted by Gasteiger charge is 2.34. The third-order valence-electron chi connectivity index (χ3n) is 4.21. The van der Waals surface area contributed by atoms with E-state index in [-0.39, 0.29) is 55.8 Å². The van der Waals surface area contributed by atoms with Crippen LogP contribution in [0.3, 0.4) is 0 Å². The molecule has 0 spiro atoms. The number of azide groups is 1. The van der Waals surface area contributed by atoms with E-state index in [9.17, 15) is 19.2 Å². The predicted octanol–water partition coefficient (Wildman–Crippen LogP) is 2.76. The number of imide groups is 3. The van der Waals surface area contributed by atoms with E-state index in [0.717, 1.165) is 0 Å². The molecule has 3 amide bonds. The minimum absolute atomic E-state index is 0.000245. The number of Topliss-reactive ketones (excluding diaryl/α,β-unsaturated/α-hetero) is 1. The molecule has 0 radical (unpaired) electrons. The Morgan fingerprint density at radius 1 is 1.21 bits per heavy atom. The molecule has 0 bridgehead atoms. The topological polar surface area (TPSA) is 120 Å². The van der Waals surface area contributed by atoms with Gasteiger partial charge in [0.2, 0.25) is 17.7 Å². The van der Waals surface area contributed by atoms with E-state index in [1.807, 2.05) is 20.8 Å². The van der Waals surface area contributed by atoms with Gasteiger partial charge >= 0.3 is 0 Å². The summed E-state index contributed by atoms with van der Waals surface area (Å²) in [6, 6.07) is 0. The van der Waals surface area contributed by atoms with Gasteiger partial charge in [0.15, 0.2) is 0 Å². The van der Waals surface area contributed by atoms with Crippen molar-refractivity contribution in [3.05, 3.63) is 10.4 Å². The Morgan fingerprint density at radius 2 is 1.79 bits per heavy atom. The molecule has 132 valence electrons. The summed E-state index contributed by atoms with van der Waals surface area (Å²) in [7, 11) is 0. The molecule has 0 aromatic heterocycles. The van der Waals surface area contributed by atoms with Crippen LogP contribution in [0.1, 0.15) is 59.3 Å². The summed E-state index contributed by atoms with van der Waals surface area (Å²) in [6.07, 6.45) is 0.933. The summed E-state index contributed by atoms with van der Waals surface area (Å²) >= 11 is 0. The number of carbonyl (C=O) groups excluding carboxylic acids is 4. The Morgan fingerprint density at radius 3 is 2.29 bits per heavy atom. The molecule has 1 rings (SSSR count). The molecule has 1 fully saturated rings. The van der Waals surface area contributed by atoms with Crippen LogP contribution < -0.4 is 0 Å². The lowest BCUT2D eigenvalue weighted by Crippen LogP contribution is -2.35. The highest BCUT2D eigenvalue weighted by Crippen LogP contribution is 2.30. The van der Waals surface area contributed by atoms with Gasteiger partial charge in [0.25, 0.3) is 0 Å². The van der Waals surface area contributed by atoms with Crippen molar-refractivity contribution in [2.45, 2.75) is 59.3 Å². The van der Waals surface area contributed by atoms with Crippen LogP contribution in [0.4, 0.5) is 0 Å². The van der Waals surface area contributed by atoms with Gasteiger partial charge in [-0.05, 0) is 23.3 Å². The second kappa shape index (κ2) is 8.59. The molecule has 0 saturated carbocycles. The largest absolute Gasteiger partial charge is 0.300 e. The van der Waals surface area contributed by atoms with Gasteiger partial charge in [0.05, 0.1) is 0 Å². The summed E-state index contributed by atoms with van der Waals surface area (Å²) in [4.78, 5) is 50.3. The number of amides is 3. The summed E-state index contributed by atoms with van der Waals surface area (Å²) in [6.45, 7) is 6.19. The molecule has 0 N–H and O–H groups in total. The third kappa shape index (κ3) is 5.77. The molecular weight excluding hydrogens is 312 g/mol. The average Bonchev–Trinajstić information content (AvgIpc) is 2.81. The Balaban J connectivity index is 2.45. The Hall–Kier alpha value is -2.21. The van der Waals surface area contributed by atoms with Crippen LogP contribution in [0.25, 0.3) is 10.4 Å². The summed E-state index contributed by atoms with van der Waals surface area (Å²) in [5.41, 5.74) is 8.27. The van der Waals surface area contributed by atoms with Crippen molar-refractivity contribution in [3.63, 3.8) is 0 Å². The van der Waals surface area contributed by atoms with E-state index in [1.54, 1.807) is 0 Å². The molecule has 1 aliphatic rings. The maximum Gasteiger partial charge on any atom is 0.236 e. The number of nitrogens with zero attached hydrogens (tertiary/aromatic N) is 4. The standard InChI is InChI=1S/C16H24N4O4/c1-16(2,3)11(10-18-19-17)9-12(21)5-4-6-13(22)20-14(23)7-8-15(20)24/h11H,4-10H2,1-3H3. The van der Waals surface area contributed by atoms with E-state index in [2.05, 4.69) is 10.0 Å². The van der Waals surface area contributed by atoms with Crippen molar-refractivity contribution in [3.8, 4) is 0 Å². The molecule has 1 saturated heterocycles. The van der Waals surface area contributed by atoms with Gasteiger partial charge in [0, 0.05) is 43.6 Å². The average molecular weight is 336 g/mol. The van der Waals surface area contributed by atoms with Crippen LogP contribution in [0.5, 0.6) is 0 Å². The van der Waals surface area contributed by atoms with E-state index in [1.165, 1.54) is 0 Å². The molecule has 1 unspecified atom stereocenters. The summed E-state index contributed by atoms with van der Waals surface area (Å²) in [5.74, 6) is -1.54. The van der Waals surface area contributed by atoms with E-state index < -0.39 is 17.7 Å². The zero-order valence-corrected chi connectivity index (χ0v) is 14.4. The second-order valence-electron chi connectivity index (χ2n) is 7.09. The minimum atomic E-state index is -0.531. The number of hydrogen-bond acceptors (Lipinski definition) is 5. The Kier molecular flexibility index (Phi) is 7.10. The lowest BCUT2D eigenvalue weighted by atomic mass is 9.77. The van der Waals surface area contributed by atoms with Crippen LogP contribution in [-0.2, 0) is 19.2 Å². The number of ketones is 1. The van der Waals surface area contributed by atoms with Crippen molar-refractivity contribution >= 4 is 23.5 Å². The molecule has 1 atom stereocenters. The number of rotatable bonds is 8. The summed E-state index contributed by atoms with van der Waals surface area (Å²) in [5, 5.41) is 3.56. The predicted molar refractivity (Wildman–Crippen MR) is 86.5 cm³/mol. The lowest BCUT2D eigenvalue weighted by Gasteiger charge is -2.29. The zero-order valence-electron chi connectivity index (χ0n) is 14.4. The Bertz CT molecular complexity index is 557. The first-order valence-corrected chi connectivity index (χ1v) is 8.08. The molecule has 8 nitrogen and oxygen atoms in total. The van der Waals surface area contributed by atoms with Crippen molar-refractivity contribution in [2.24, 2.45) is 16.4 Å². The quantitative estimate of drug-likeness (QED) is 0.293. The van der Waals surface area contributed by atoms with Gasteiger partial charge in [0.1, 0.15) is 5.78 Å². The number of carbonyl (C=O) groups is 4. The third-order valence-corrected chi connectivity index (χ3v) is 4.21. The van der Waals surface area contributed by atoms with Gasteiger partial charge in [-0.2, -0.15) is 0 Å². The first kappa shape index (κ1) is 19.8. The van der Waals surface area contributed by atoms with Gasteiger partial charge in [-0.1, -0.05) is 25.9 Å². The smallest absolute Gasteiger partial charge is 0.236 e. The maximum atomic E-state index is 12.1. The van der Waals surface area contributed by atoms with Gasteiger partial charge in [-0.15, -0.1) is 0 Å². The maximum absolute atomic E-state index is 12.1. The van der Waals surface area contributed by atoms with Crippen LogP contribution >= 0.6 is 0 Å². The van der Waals surface area contributed by atoms with Crippen LogP contribution in [0, 0.1) is 11.3 Å². The SMILES string of the molecule is CC(C)(C)C(CN=[N+]=[N-])CC(=O)CCCC(=O)N1C(=O)CCC1=O. The molecule has 8 heteroatoms. The van der Waals surface area contributed by atoms with Crippen LogP contribution in [0.2, 0.25) is 0 Å². The Labute approximate surface area is 141 Å². The molecule has 0 aliphatic carbocycles. The molecule has 1 aliphatic heterocycles. The fourth-order valence-corrected chi connectivity index (χ4v) is 2.56. The fraction of sp³-hybridized carbons (Fsp3) is 0.750. The monoisotopic (exact) mass is 336 g/mol. The molecule has 24 heavy (non-hydrogen) atoms. The van der Waals surface area contributed by atoms with Crippen LogP contribution in [0.15, 0.2) is 5.11 Å². The number of hydrogen-bond donors (Lipinski definition) is 0. The van der Waals surface area contributed by atoms with Crippen molar-refractivity contribution in [2.75, 3.05) is 6.54 Å². The zero-order chi connectivity index (χ0) is 18.3. The molecule has 0 aromatic carbocycles. The van der Waals surface area contributed by atoms with Crippen molar-refractivity contribution in [1.82, 2.24) is 4.90 Å². The van der Waals surface area contributed by atoms with Crippen molar-refractivity contribution < 1.29 is 19.2 Å². The molecule has 0 aromatic rings. The highest BCUT2D eigenvalue weighted by atomic mass is 16.2. The first-order valence-electron chi connectivity index (χ1n) is 8.08. The van der Waals surface area contributed by atoms with Crippen molar-refractivity contribution in [1.29, 1.82) is 0 Å². The lowest BCUT2D eigenvalue weighted by molar-refractivity contribution is -0.149. The molecule has 1 heterocycles. The number of likely N-dealkylation sites (tertiary alicyclic amines) is 1. The van der Waals surface area contributed by atoms with E-state index in [4.69, 9.17) is 5.53 Å². The summed E-state index contributed by atoms with van der Waals surface area (Å²) < 4.78 is 0. The van der Waals surface area contributed by atoms with E-state index >= 15 is 0 Å². The van der Waals surface area contributed by atoms with Gasteiger partial charge in [-0.25, -0.2) is 4.90 Å². The second-order valence-corrected chi connectivity index (χ2v) is 7.09. The highest BCUT2D eigenvalue weighted by molar-refractivity contribution is 6.15. The first-order chi connectivity index (χ1) is 11.2. The normalized spacial score (nSPS) is 16.0. The molecular formula is C16H24N4O4. The van der Waals surface area contributed by atoms with Gasteiger partial charge < -0.3 is 0 Å². The van der Waals surface area contributed by atoms with E-state index in [0.29, 0.717) is 11.3 Å².